The zero-order valence-corrected chi connectivity index (χ0v) is 13.4. The molecular weight excluding hydrogens is 296 g/mol. The van der Waals surface area contributed by atoms with Gasteiger partial charge in [-0.25, -0.2) is 0 Å². The molecule has 0 bridgehead atoms. The average Bonchev–Trinajstić information content (AvgIpc) is 2.95. The number of rotatable bonds is 4. The van der Waals surface area contributed by atoms with E-state index in [2.05, 4.69) is 21.7 Å². The van der Waals surface area contributed by atoms with E-state index in [1.807, 2.05) is 36.6 Å². The van der Waals surface area contributed by atoms with Gasteiger partial charge in [0.2, 0.25) is 5.91 Å². The van der Waals surface area contributed by atoms with Gasteiger partial charge in [-0.1, -0.05) is 18.2 Å². The van der Waals surface area contributed by atoms with Gasteiger partial charge in [0.1, 0.15) is 11.9 Å². The van der Waals surface area contributed by atoms with Crippen LogP contribution in [0.25, 0.3) is 0 Å². The zero-order chi connectivity index (χ0) is 15.4. The summed E-state index contributed by atoms with van der Waals surface area (Å²) >= 11 is 1.64. The molecule has 1 aromatic carbocycles. The van der Waals surface area contributed by atoms with Gasteiger partial charge in [-0.05, 0) is 35.4 Å². The quantitative estimate of drug-likeness (QED) is 0.943. The zero-order valence-electron chi connectivity index (χ0n) is 12.6. The van der Waals surface area contributed by atoms with Crippen LogP contribution in [0, 0.1) is 0 Å². The molecule has 0 saturated carbocycles. The second-order valence-electron chi connectivity index (χ2n) is 5.61. The van der Waals surface area contributed by atoms with E-state index in [-0.39, 0.29) is 12.0 Å². The maximum atomic E-state index is 12.1. The maximum absolute atomic E-state index is 12.1. The van der Waals surface area contributed by atoms with Crippen molar-refractivity contribution in [2.75, 3.05) is 13.1 Å². The molecule has 1 aliphatic heterocycles. The smallest absolute Gasteiger partial charge is 0.234 e. The third kappa shape index (κ3) is 3.87. The summed E-state index contributed by atoms with van der Waals surface area (Å²) in [6, 6.07) is 10.1. The third-order valence-electron chi connectivity index (χ3n) is 3.65. The molecule has 2 heterocycles. The molecule has 116 valence electrons. The first-order valence-corrected chi connectivity index (χ1v) is 8.39. The molecule has 0 spiro atoms. The van der Waals surface area contributed by atoms with Crippen LogP contribution in [0.4, 0.5) is 0 Å². The van der Waals surface area contributed by atoms with Crippen molar-refractivity contribution >= 4 is 17.2 Å². The standard InChI is InChI=1S/C17H20N2O2S/c1-13-9-19(10-15-4-2-3-5-16(15)21-13)11-17(20)18-8-14-6-7-22-12-14/h2-7,12-13H,8-11H2,1H3,(H,18,20). The summed E-state index contributed by atoms with van der Waals surface area (Å²) in [6.07, 6.45) is 0.0772. The van der Waals surface area contributed by atoms with Gasteiger partial charge in [0.15, 0.2) is 0 Å². The number of nitrogens with zero attached hydrogens (tertiary/aromatic N) is 1. The van der Waals surface area contributed by atoms with Crippen LogP contribution < -0.4 is 10.1 Å². The Labute approximate surface area is 134 Å². The number of hydrogen-bond donors (Lipinski definition) is 1. The van der Waals surface area contributed by atoms with Crippen LogP contribution in [0.3, 0.4) is 0 Å². The van der Waals surface area contributed by atoms with Crippen LogP contribution in [0.5, 0.6) is 5.75 Å². The minimum absolute atomic E-state index is 0.0535. The summed E-state index contributed by atoms with van der Waals surface area (Å²) in [5.41, 5.74) is 2.29. The van der Waals surface area contributed by atoms with Gasteiger partial charge < -0.3 is 10.1 Å². The molecule has 1 unspecified atom stereocenters. The molecule has 1 atom stereocenters. The summed E-state index contributed by atoms with van der Waals surface area (Å²) in [5, 5.41) is 7.05. The first kappa shape index (κ1) is 15.1. The van der Waals surface area contributed by atoms with E-state index in [4.69, 9.17) is 4.74 Å². The molecule has 5 heteroatoms. The maximum Gasteiger partial charge on any atom is 0.234 e. The number of amides is 1. The van der Waals surface area contributed by atoms with Crippen molar-refractivity contribution in [3.63, 3.8) is 0 Å². The fourth-order valence-corrected chi connectivity index (χ4v) is 3.31. The summed E-state index contributed by atoms with van der Waals surface area (Å²) in [5.74, 6) is 0.981. The van der Waals surface area contributed by atoms with E-state index >= 15 is 0 Å². The van der Waals surface area contributed by atoms with E-state index in [0.717, 1.165) is 30.0 Å². The number of thiophene rings is 1. The first-order valence-electron chi connectivity index (χ1n) is 7.45. The number of fused-ring (bicyclic) bond motifs is 1. The Hall–Kier alpha value is -1.85. The Morgan fingerprint density at radius 2 is 2.27 bits per heavy atom. The van der Waals surface area contributed by atoms with Gasteiger partial charge in [-0.3, -0.25) is 9.69 Å². The Bertz CT molecular complexity index is 627. The lowest BCUT2D eigenvalue weighted by Gasteiger charge is -2.21. The highest BCUT2D eigenvalue weighted by Gasteiger charge is 2.21. The molecule has 0 radical (unpaired) electrons. The molecule has 0 saturated heterocycles. The number of carbonyl (C=O) groups is 1. The molecule has 22 heavy (non-hydrogen) atoms. The molecule has 0 aliphatic carbocycles. The second kappa shape index (κ2) is 6.94. The van der Waals surface area contributed by atoms with Crippen molar-refractivity contribution in [3.8, 4) is 5.75 Å². The minimum Gasteiger partial charge on any atom is -0.489 e. The van der Waals surface area contributed by atoms with Crippen molar-refractivity contribution in [1.29, 1.82) is 0 Å². The molecule has 0 fully saturated rings. The van der Waals surface area contributed by atoms with Gasteiger partial charge in [0.25, 0.3) is 0 Å². The van der Waals surface area contributed by atoms with Gasteiger partial charge in [0.05, 0.1) is 6.54 Å². The largest absolute Gasteiger partial charge is 0.489 e. The predicted molar refractivity (Wildman–Crippen MR) is 88.0 cm³/mol. The number of hydrogen-bond acceptors (Lipinski definition) is 4. The van der Waals surface area contributed by atoms with E-state index in [9.17, 15) is 4.79 Å². The third-order valence-corrected chi connectivity index (χ3v) is 4.38. The van der Waals surface area contributed by atoms with Gasteiger partial charge >= 0.3 is 0 Å². The van der Waals surface area contributed by atoms with Crippen molar-refractivity contribution < 1.29 is 9.53 Å². The number of carbonyl (C=O) groups excluding carboxylic acids is 1. The van der Waals surface area contributed by atoms with Crippen LogP contribution in [-0.2, 0) is 17.9 Å². The highest BCUT2D eigenvalue weighted by molar-refractivity contribution is 7.07. The van der Waals surface area contributed by atoms with E-state index in [1.54, 1.807) is 11.3 Å². The highest BCUT2D eigenvalue weighted by atomic mass is 32.1. The van der Waals surface area contributed by atoms with Crippen LogP contribution in [0.1, 0.15) is 18.1 Å². The fourth-order valence-electron chi connectivity index (χ4n) is 2.65. The highest BCUT2D eigenvalue weighted by Crippen LogP contribution is 2.24. The van der Waals surface area contributed by atoms with Gasteiger partial charge in [0, 0.05) is 25.2 Å². The predicted octanol–water partition coefficient (Wildman–Crippen LogP) is 2.65. The van der Waals surface area contributed by atoms with Crippen molar-refractivity contribution in [2.24, 2.45) is 0 Å². The lowest BCUT2D eigenvalue weighted by molar-refractivity contribution is -0.122. The van der Waals surface area contributed by atoms with Crippen LogP contribution in [0.2, 0.25) is 0 Å². The van der Waals surface area contributed by atoms with E-state index in [1.165, 1.54) is 0 Å². The van der Waals surface area contributed by atoms with E-state index < -0.39 is 0 Å². The molecule has 1 N–H and O–H groups in total. The molecule has 4 nitrogen and oxygen atoms in total. The number of para-hydroxylation sites is 1. The van der Waals surface area contributed by atoms with E-state index in [0.29, 0.717) is 13.1 Å². The fraction of sp³-hybridized carbons (Fsp3) is 0.353. The molecule has 2 aromatic rings. The molecule has 1 amide bonds. The van der Waals surface area contributed by atoms with Crippen molar-refractivity contribution in [3.05, 3.63) is 52.2 Å². The SMILES string of the molecule is CC1CN(CC(=O)NCc2ccsc2)Cc2ccccc2O1. The van der Waals surface area contributed by atoms with Crippen LogP contribution >= 0.6 is 11.3 Å². The lowest BCUT2D eigenvalue weighted by atomic mass is 10.2. The summed E-state index contributed by atoms with van der Waals surface area (Å²) in [6.45, 7) is 4.52. The summed E-state index contributed by atoms with van der Waals surface area (Å²) in [7, 11) is 0. The van der Waals surface area contributed by atoms with Gasteiger partial charge in [-0.2, -0.15) is 11.3 Å². The molecular formula is C17H20N2O2S. The summed E-state index contributed by atoms with van der Waals surface area (Å²) in [4.78, 5) is 14.3. The lowest BCUT2D eigenvalue weighted by Crippen LogP contribution is -2.39. The Kier molecular flexibility index (Phi) is 4.75. The van der Waals surface area contributed by atoms with Crippen molar-refractivity contribution in [1.82, 2.24) is 10.2 Å². The van der Waals surface area contributed by atoms with Crippen molar-refractivity contribution in [2.45, 2.75) is 26.1 Å². The molecule has 1 aliphatic rings. The average molecular weight is 316 g/mol. The molecule has 3 rings (SSSR count). The second-order valence-corrected chi connectivity index (χ2v) is 6.39. The summed E-state index contributed by atoms with van der Waals surface area (Å²) < 4.78 is 5.92. The number of nitrogens with one attached hydrogen (secondary N) is 1. The van der Waals surface area contributed by atoms with Crippen LogP contribution in [-0.4, -0.2) is 30.0 Å². The Balaban J connectivity index is 1.58. The van der Waals surface area contributed by atoms with Gasteiger partial charge in [-0.15, -0.1) is 0 Å². The topological polar surface area (TPSA) is 41.6 Å². The Morgan fingerprint density at radius 1 is 1.41 bits per heavy atom. The normalized spacial score (nSPS) is 18.1. The number of ether oxygens (including phenoxy) is 1. The number of benzene rings is 1. The Morgan fingerprint density at radius 3 is 3.09 bits per heavy atom. The minimum atomic E-state index is 0.0535. The van der Waals surface area contributed by atoms with Crippen LogP contribution in [0.15, 0.2) is 41.1 Å². The molecule has 1 aromatic heterocycles. The first-order chi connectivity index (χ1) is 10.7. The monoisotopic (exact) mass is 316 g/mol.